The Balaban J connectivity index is 2.76. The zero-order valence-corrected chi connectivity index (χ0v) is 7.92. The van der Waals surface area contributed by atoms with Gasteiger partial charge in [0, 0.05) is 5.92 Å². The number of hydrogen-bond acceptors (Lipinski definition) is 1. The van der Waals surface area contributed by atoms with E-state index in [0.717, 1.165) is 12.7 Å². The number of rotatable bonds is 1. The van der Waals surface area contributed by atoms with E-state index in [2.05, 4.69) is 27.7 Å². The van der Waals surface area contributed by atoms with E-state index in [4.69, 9.17) is 0 Å². The van der Waals surface area contributed by atoms with Gasteiger partial charge in [-0.25, -0.2) is 0 Å². The predicted molar refractivity (Wildman–Crippen MR) is 46.3 cm³/mol. The van der Waals surface area contributed by atoms with E-state index < -0.39 is 0 Å². The van der Waals surface area contributed by atoms with E-state index >= 15 is 0 Å². The van der Waals surface area contributed by atoms with Crippen LogP contribution >= 0.6 is 0 Å². The van der Waals surface area contributed by atoms with Gasteiger partial charge in [0.15, 0.2) is 0 Å². The Morgan fingerprint density at radius 3 is 2.09 bits per heavy atom. The van der Waals surface area contributed by atoms with Crippen LogP contribution in [0.3, 0.4) is 0 Å². The molecule has 1 fully saturated rings. The smallest absolute Gasteiger partial charge is 0.123 e. The van der Waals surface area contributed by atoms with E-state index in [1.54, 1.807) is 0 Å². The zero-order valence-electron chi connectivity index (χ0n) is 7.92. The lowest BCUT2D eigenvalue weighted by Crippen LogP contribution is -2.17. The Morgan fingerprint density at radius 2 is 1.91 bits per heavy atom. The van der Waals surface area contributed by atoms with Gasteiger partial charge in [-0.15, -0.1) is 0 Å². The lowest BCUT2D eigenvalue weighted by Gasteiger charge is -2.24. The quantitative estimate of drug-likeness (QED) is 0.530. The monoisotopic (exact) mass is 154 g/mol. The number of aldehydes is 1. The largest absolute Gasteiger partial charge is 0.303 e. The first-order chi connectivity index (χ1) is 4.99. The first-order valence-corrected chi connectivity index (χ1v) is 4.44. The van der Waals surface area contributed by atoms with Crippen molar-refractivity contribution < 1.29 is 4.79 Å². The molecule has 1 rings (SSSR count). The molecule has 3 atom stereocenters. The van der Waals surface area contributed by atoms with E-state index in [1.807, 2.05) is 0 Å². The SMILES string of the molecule is C[C@H]1[C@H](C=O)CC(C)(C)[C@H]1C. The minimum Gasteiger partial charge on any atom is -0.303 e. The number of carbonyl (C=O) groups is 1. The third-order valence-electron chi connectivity index (χ3n) is 3.63. The van der Waals surface area contributed by atoms with Crippen LogP contribution in [0.15, 0.2) is 0 Å². The molecule has 0 aromatic rings. The molecule has 1 saturated carbocycles. The topological polar surface area (TPSA) is 17.1 Å². The Morgan fingerprint density at radius 1 is 1.36 bits per heavy atom. The summed E-state index contributed by atoms with van der Waals surface area (Å²) < 4.78 is 0. The van der Waals surface area contributed by atoms with Crippen molar-refractivity contribution in [2.45, 2.75) is 34.1 Å². The van der Waals surface area contributed by atoms with Crippen LogP contribution in [0, 0.1) is 23.2 Å². The summed E-state index contributed by atoms with van der Waals surface area (Å²) in [6.45, 7) is 8.97. The van der Waals surface area contributed by atoms with Crippen LogP contribution in [0.5, 0.6) is 0 Å². The van der Waals surface area contributed by atoms with Gasteiger partial charge in [-0.3, -0.25) is 0 Å². The van der Waals surface area contributed by atoms with Gasteiger partial charge in [-0.1, -0.05) is 27.7 Å². The van der Waals surface area contributed by atoms with Crippen LogP contribution in [-0.2, 0) is 4.79 Å². The van der Waals surface area contributed by atoms with Crippen molar-refractivity contribution in [2.75, 3.05) is 0 Å². The molecule has 11 heavy (non-hydrogen) atoms. The fraction of sp³-hybridized carbons (Fsp3) is 0.900. The third-order valence-corrected chi connectivity index (χ3v) is 3.63. The Hall–Kier alpha value is -0.330. The van der Waals surface area contributed by atoms with Gasteiger partial charge in [-0.2, -0.15) is 0 Å². The maximum atomic E-state index is 10.7. The second-order valence-electron chi connectivity index (χ2n) is 4.64. The van der Waals surface area contributed by atoms with Crippen molar-refractivity contribution in [1.29, 1.82) is 0 Å². The molecule has 0 unspecified atom stereocenters. The van der Waals surface area contributed by atoms with Crippen molar-refractivity contribution >= 4 is 6.29 Å². The van der Waals surface area contributed by atoms with Gasteiger partial charge in [-0.05, 0) is 23.7 Å². The summed E-state index contributed by atoms with van der Waals surface area (Å²) in [6, 6.07) is 0. The van der Waals surface area contributed by atoms with Gasteiger partial charge >= 0.3 is 0 Å². The lowest BCUT2D eigenvalue weighted by atomic mass is 9.81. The number of carbonyl (C=O) groups excluding carboxylic acids is 1. The maximum Gasteiger partial charge on any atom is 0.123 e. The van der Waals surface area contributed by atoms with E-state index in [1.165, 1.54) is 0 Å². The Labute approximate surface area is 69.2 Å². The molecular formula is C10H18O. The average Bonchev–Trinajstić information content (AvgIpc) is 2.13. The molecule has 0 aliphatic heterocycles. The van der Waals surface area contributed by atoms with E-state index in [9.17, 15) is 4.79 Å². The fourth-order valence-electron chi connectivity index (χ4n) is 2.23. The van der Waals surface area contributed by atoms with Crippen LogP contribution in [-0.4, -0.2) is 6.29 Å². The van der Waals surface area contributed by atoms with Crippen LogP contribution in [0.4, 0.5) is 0 Å². The highest BCUT2D eigenvalue weighted by Gasteiger charge is 2.42. The summed E-state index contributed by atoms with van der Waals surface area (Å²) in [4.78, 5) is 10.7. The van der Waals surface area contributed by atoms with Gasteiger partial charge in [0.25, 0.3) is 0 Å². The molecule has 0 aromatic heterocycles. The van der Waals surface area contributed by atoms with Gasteiger partial charge in [0.1, 0.15) is 6.29 Å². The summed E-state index contributed by atoms with van der Waals surface area (Å²) in [5, 5.41) is 0. The molecule has 0 amide bonds. The molecule has 1 heteroatoms. The molecule has 1 aliphatic carbocycles. The van der Waals surface area contributed by atoms with Gasteiger partial charge in [0.05, 0.1) is 0 Å². The van der Waals surface area contributed by atoms with Crippen molar-refractivity contribution in [2.24, 2.45) is 23.2 Å². The summed E-state index contributed by atoms with van der Waals surface area (Å²) in [6.07, 6.45) is 2.20. The summed E-state index contributed by atoms with van der Waals surface area (Å²) in [5.74, 6) is 1.56. The van der Waals surface area contributed by atoms with Crippen LogP contribution in [0.2, 0.25) is 0 Å². The predicted octanol–water partition coefficient (Wildman–Crippen LogP) is 2.50. The average molecular weight is 154 g/mol. The molecule has 64 valence electrons. The Bertz CT molecular complexity index is 160. The second-order valence-corrected chi connectivity index (χ2v) is 4.64. The third kappa shape index (κ3) is 1.33. The fourth-order valence-corrected chi connectivity index (χ4v) is 2.23. The van der Waals surface area contributed by atoms with E-state index in [-0.39, 0.29) is 0 Å². The van der Waals surface area contributed by atoms with Crippen molar-refractivity contribution in [3.05, 3.63) is 0 Å². The molecule has 0 heterocycles. The molecule has 0 N–H and O–H groups in total. The lowest BCUT2D eigenvalue weighted by molar-refractivity contribution is -0.112. The first-order valence-electron chi connectivity index (χ1n) is 4.44. The summed E-state index contributed by atoms with van der Waals surface area (Å²) >= 11 is 0. The minimum atomic E-state index is 0.306. The molecule has 1 aliphatic rings. The summed E-state index contributed by atoms with van der Waals surface area (Å²) in [5.41, 5.74) is 0.366. The maximum absolute atomic E-state index is 10.7. The standard InChI is InChI=1S/C10H18O/c1-7-8(2)10(3,4)5-9(7)6-11/h6-9H,5H2,1-4H3/t7-,8+,9+/m1/s1. The highest BCUT2D eigenvalue weighted by molar-refractivity contribution is 5.55. The number of hydrogen-bond donors (Lipinski definition) is 0. The van der Waals surface area contributed by atoms with Crippen molar-refractivity contribution in [1.82, 2.24) is 0 Å². The highest BCUT2D eigenvalue weighted by Crippen LogP contribution is 2.48. The molecule has 0 spiro atoms. The van der Waals surface area contributed by atoms with Gasteiger partial charge < -0.3 is 4.79 Å². The summed E-state index contributed by atoms with van der Waals surface area (Å²) in [7, 11) is 0. The molecule has 1 nitrogen and oxygen atoms in total. The molecule has 0 bridgehead atoms. The van der Waals surface area contributed by atoms with Crippen LogP contribution < -0.4 is 0 Å². The van der Waals surface area contributed by atoms with Crippen LogP contribution in [0.25, 0.3) is 0 Å². The first kappa shape index (κ1) is 8.76. The molecule has 0 radical (unpaired) electrons. The zero-order chi connectivity index (χ0) is 8.65. The Kier molecular flexibility index (Phi) is 2.08. The normalized spacial score (nSPS) is 42.4. The molecule has 0 aromatic carbocycles. The van der Waals surface area contributed by atoms with Crippen molar-refractivity contribution in [3.63, 3.8) is 0 Å². The van der Waals surface area contributed by atoms with Gasteiger partial charge in [0.2, 0.25) is 0 Å². The second kappa shape index (κ2) is 2.62. The molecule has 0 saturated heterocycles. The molecular weight excluding hydrogens is 136 g/mol. The highest BCUT2D eigenvalue weighted by atomic mass is 16.1. The van der Waals surface area contributed by atoms with Crippen molar-refractivity contribution in [3.8, 4) is 0 Å². The van der Waals surface area contributed by atoms with E-state index in [0.29, 0.717) is 23.2 Å². The minimum absolute atomic E-state index is 0.306. The van der Waals surface area contributed by atoms with Crippen LogP contribution in [0.1, 0.15) is 34.1 Å².